The largest absolute Gasteiger partial charge is 0.497 e. The maximum absolute atomic E-state index is 11.8. The Kier molecular flexibility index (Phi) is 6.04. The van der Waals surface area contributed by atoms with Crippen LogP contribution in [0.1, 0.15) is 43.0 Å². The maximum atomic E-state index is 11.8. The lowest BCUT2D eigenvalue weighted by molar-refractivity contribution is -0.116. The van der Waals surface area contributed by atoms with Gasteiger partial charge in [-0.2, -0.15) is 0 Å². The minimum absolute atomic E-state index is 0.0589. The monoisotopic (exact) mass is 359 g/mol. The van der Waals surface area contributed by atoms with Gasteiger partial charge in [0.05, 0.1) is 12.8 Å². The highest BCUT2D eigenvalue weighted by molar-refractivity contribution is 7.13. The third-order valence-electron chi connectivity index (χ3n) is 4.45. The summed E-state index contributed by atoms with van der Waals surface area (Å²) in [7, 11) is 1.71. The summed E-state index contributed by atoms with van der Waals surface area (Å²) in [5, 5.41) is 5.65. The van der Waals surface area contributed by atoms with E-state index in [9.17, 15) is 4.79 Å². The van der Waals surface area contributed by atoms with Crippen LogP contribution in [0.5, 0.6) is 5.75 Å². The van der Waals surface area contributed by atoms with E-state index in [1.807, 2.05) is 11.4 Å². The van der Waals surface area contributed by atoms with E-state index in [2.05, 4.69) is 34.3 Å². The van der Waals surface area contributed by atoms with Crippen LogP contribution in [0.15, 0.2) is 23.6 Å². The van der Waals surface area contributed by atoms with Gasteiger partial charge in [-0.15, -0.1) is 11.3 Å². The topological polar surface area (TPSA) is 54.5 Å². The van der Waals surface area contributed by atoms with Crippen LogP contribution in [0, 0.1) is 0 Å². The zero-order valence-electron chi connectivity index (χ0n) is 14.9. The first-order valence-corrected chi connectivity index (χ1v) is 9.68. The molecule has 1 aromatic carbocycles. The van der Waals surface area contributed by atoms with Crippen molar-refractivity contribution in [3.63, 3.8) is 0 Å². The average Bonchev–Trinajstić information content (AvgIpc) is 3.06. The van der Waals surface area contributed by atoms with E-state index in [4.69, 9.17) is 4.74 Å². The van der Waals surface area contributed by atoms with Gasteiger partial charge in [-0.05, 0) is 36.1 Å². The fraction of sp³-hybridized carbons (Fsp3) is 0.474. The van der Waals surface area contributed by atoms with E-state index < -0.39 is 0 Å². The number of hydrogen-bond acceptors (Lipinski definition) is 5. The molecule has 0 radical (unpaired) electrons. The van der Waals surface area contributed by atoms with Crippen molar-refractivity contribution in [2.75, 3.05) is 19.0 Å². The Morgan fingerprint density at radius 3 is 3.08 bits per heavy atom. The van der Waals surface area contributed by atoms with E-state index in [0.717, 1.165) is 50.3 Å². The van der Waals surface area contributed by atoms with Crippen LogP contribution in [0.3, 0.4) is 0 Å². The first-order chi connectivity index (χ1) is 12.2. The molecular formula is C19H25N3O2S. The zero-order valence-corrected chi connectivity index (χ0v) is 15.7. The van der Waals surface area contributed by atoms with Crippen molar-refractivity contribution >= 4 is 22.4 Å². The molecule has 0 aliphatic carbocycles. The van der Waals surface area contributed by atoms with Gasteiger partial charge in [0.25, 0.3) is 0 Å². The molecule has 0 unspecified atom stereocenters. The minimum Gasteiger partial charge on any atom is -0.497 e. The molecule has 0 fully saturated rings. The normalized spacial score (nSPS) is 14.2. The second kappa shape index (κ2) is 8.45. The molecule has 25 heavy (non-hydrogen) atoms. The highest BCUT2D eigenvalue weighted by Gasteiger charge is 2.18. The number of amides is 1. The molecule has 1 aliphatic rings. The standard InChI is InChI=1S/C19H25N3O2S/c1-3-4-5-18(23)21-19-20-16(13-25-19)12-22-9-8-14-10-17(24-2)7-6-15(14)11-22/h6-7,10,13H,3-5,8-9,11-12H2,1-2H3,(H,20,21,23). The van der Waals surface area contributed by atoms with Crippen molar-refractivity contribution in [3.8, 4) is 5.75 Å². The molecule has 6 heteroatoms. The SMILES string of the molecule is CCCCC(=O)Nc1nc(CN2CCc3cc(OC)ccc3C2)cs1. The molecule has 2 heterocycles. The molecule has 0 spiro atoms. The lowest BCUT2D eigenvalue weighted by atomic mass is 9.99. The Bertz CT molecular complexity index is 729. The fourth-order valence-electron chi connectivity index (χ4n) is 3.03. The van der Waals surface area contributed by atoms with Crippen LogP contribution in [0.25, 0.3) is 0 Å². The Labute approximate surface area is 153 Å². The van der Waals surface area contributed by atoms with Crippen LogP contribution in [0.4, 0.5) is 5.13 Å². The number of rotatable bonds is 7. The lowest BCUT2D eigenvalue weighted by Gasteiger charge is -2.28. The van der Waals surface area contributed by atoms with Crippen LogP contribution in [-0.4, -0.2) is 29.4 Å². The van der Waals surface area contributed by atoms with Gasteiger partial charge in [0.1, 0.15) is 5.75 Å². The first-order valence-electron chi connectivity index (χ1n) is 8.80. The van der Waals surface area contributed by atoms with Gasteiger partial charge in [-0.25, -0.2) is 4.98 Å². The molecule has 0 saturated heterocycles. The van der Waals surface area contributed by atoms with Crippen molar-refractivity contribution in [1.29, 1.82) is 0 Å². The Hall–Kier alpha value is -1.92. The number of thiazole rings is 1. The van der Waals surface area contributed by atoms with E-state index in [1.54, 1.807) is 7.11 Å². The number of benzene rings is 1. The van der Waals surface area contributed by atoms with Gasteiger partial charge in [-0.3, -0.25) is 9.69 Å². The second-order valence-corrected chi connectivity index (χ2v) is 7.25. The first kappa shape index (κ1) is 17.9. The summed E-state index contributed by atoms with van der Waals surface area (Å²) in [4.78, 5) is 18.8. The van der Waals surface area contributed by atoms with Crippen LogP contribution in [0.2, 0.25) is 0 Å². The lowest BCUT2D eigenvalue weighted by Crippen LogP contribution is -2.30. The molecule has 1 amide bonds. The molecule has 3 rings (SSSR count). The molecule has 0 atom stereocenters. The predicted octanol–water partition coefficient (Wildman–Crippen LogP) is 3.84. The van der Waals surface area contributed by atoms with Crippen molar-refractivity contribution in [2.24, 2.45) is 0 Å². The van der Waals surface area contributed by atoms with Crippen molar-refractivity contribution in [2.45, 2.75) is 45.7 Å². The van der Waals surface area contributed by atoms with E-state index in [1.165, 1.54) is 22.5 Å². The summed E-state index contributed by atoms with van der Waals surface area (Å²) in [5.41, 5.74) is 3.75. The average molecular weight is 359 g/mol. The number of aromatic nitrogens is 1. The molecule has 0 bridgehead atoms. The van der Waals surface area contributed by atoms with Crippen LogP contribution < -0.4 is 10.1 Å². The van der Waals surface area contributed by atoms with Gasteiger partial charge in [0, 0.05) is 31.4 Å². The summed E-state index contributed by atoms with van der Waals surface area (Å²) in [6, 6.07) is 6.31. The molecular weight excluding hydrogens is 334 g/mol. The van der Waals surface area contributed by atoms with E-state index >= 15 is 0 Å². The molecule has 2 aromatic rings. The number of unbranched alkanes of at least 4 members (excludes halogenated alkanes) is 1. The van der Waals surface area contributed by atoms with Gasteiger partial charge >= 0.3 is 0 Å². The van der Waals surface area contributed by atoms with Crippen molar-refractivity contribution in [3.05, 3.63) is 40.4 Å². The number of anilines is 1. The van der Waals surface area contributed by atoms with Gasteiger partial charge in [0.15, 0.2) is 5.13 Å². The fourth-order valence-corrected chi connectivity index (χ4v) is 3.75. The number of methoxy groups -OCH3 is 1. The highest BCUT2D eigenvalue weighted by Crippen LogP contribution is 2.25. The molecule has 134 valence electrons. The summed E-state index contributed by atoms with van der Waals surface area (Å²) >= 11 is 1.50. The van der Waals surface area contributed by atoms with E-state index in [-0.39, 0.29) is 5.91 Å². The molecule has 1 aromatic heterocycles. The number of carbonyl (C=O) groups excluding carboxylic acids is 1. The number of ether oxygens (including phenoxy) is 1. The van der Waals surface area contributed by atoms with Crippen LogP contribution in [-0.2, 0) is 24.3 Å². The smallest absolute Gasteiger partial charge is 0.226 e. The molecule has 5 nitrogen and oxygen atoms in total. The minimum atomic E-state index is 0.0589. The zero-order chi connectivity index (χ0) is 17.6. The summed E-state index contributed by atoms with van der Waals surface area (Å²) in [6.07, 6.45) is 3.54. The highest BCUT2D eigenvalue weighted by atomic mass is 32.1. The third kappa shape index (κ3) is 4.80. The Balaban J connectivity index is 1.55. The number of nitrogens with zero attached hydrogens (tertiary/aromatic N) is 2. The summed E-state index contributed by atoms with van der Waals surface area (Å²) < 4.78 is 5.30. The molecule has 1 N–H and O–H groups in total. The predicted molar refractivity (Wildman–Crippen MR) is 101 cm³/mol. The summed E-state index contributed by atoms with van der Waals surface area (Å²) in [5.74, 6) is 0.985. The van der Waals surface area contributed by atoms with E-state index in [0.29, 0.717) is 11.6 Å². The maximum Gasteiger partial charge on any atom is 0.226 e. The quantitative estimate of drug-likeness (QED) is 0.816. The number of nitrogens with one attached hydrogen (secondary N) is 1. The van der Waals surface area contributed by atoms with Crippen LogP contribution >= 0.6 is 11.3 Å². The summed E-state index contributed by atoms with van der Waals surface area (Å²) in [6.45, 7) is 4.83. The molecule has 1 aliphatic heterocycles. The number of hydrogen-bond donors (Lipinski definition) is 1. The number of fused-ring (bicyclic) bond motifs is 1. The van der Waals surface area contributed by atoms with Gasteiger partial charge < -0.3 is 10.1 Å². The Morgan fingerprint density at radius 1 is 1.40 bits per heavy atom. The third-order valence-corrected chi connectivity index (χ3v) is 5.25. The van der Waals surface area contributed by atoms with Crippen molar-refractivity contribution < 1.29 is 9.53 Å². The van der Waals surface area contributed by atoms with Gasteiger partial charge in [0.2, 0.25) is 5.91 Å². The molecule has 0 saturated carbocycles. The Morgan fingerprint density at radius 2 is 2.28 bits per heavy atom. The van der Waals surface area contributed by atoms with Gasteiger partial charge in [-0.1, -0.05) is 19.4 Å². The van der Waals surface area contributed by atoms with Crippen molar-refractivity contribution in [1.82, 2.24) is 9.88 Å². The number of carbonyl (C=O) groups is 1. The second-order valence-electron chi connectivity index (χ2n) is 6.39.